The van der Waals surface area contributed by atoms with Gasteiger partial charge in [-0.1, -0.05) is 35.3 Å². The summed E-state index contributed by atoms with van der Waals surface area (Å²) in [4.78, 5) is 24.5. The fourth-order valence-electron chi connectivity index (χ4n) is 2.49. The first-order valence-corrected chi connectivity index (χ1v) is 7.28. The van der Waals surface area contributed by atoms with E-state index in [4.69, 9.17) is 23.2 Å². The van der Waals surface area contributed by atoms with Crippen molar-refractivity contribution < 1.29 is 14.7 Å². The molecule has 6 heteroatoms. The van der Waals surface area contributed by atoms with Gasteiger partial charge in [0, 0.05) is 26.9 Å². The maximum Gasteiger partial charge on any atom is 0.261 e. The Labute approximate surface area is 136 Å². The second kappa shape index (κ2) is 5.39. The standard InChI is InChI=1S/C16H11Cl2NO3/c17-10-3-1-2-9(6-10)14(20)8-16(22)12-7-11(18)4-5-13(12)19-15(16)21/h1-7,22H,8H2,(H,19,21)/t16-/m0/s1. The molecule has 1 aliphatic rings. The Kier molecular flexibility index (Phi) is 3.68. The molecule has 0 unspecified atom stereocenters. The molecule has 0 aliphatic carbocycles. The number of fused-ring (bicyclic) bond motifs is 1. The number of Topliss-reactive ketones (excluding diaryl/α,β-unsaturated/α-hetero) is 1. The molecule has 3 rings (SSSR count). The van der Waals surface area contributed by atoms with Crippen molar-refractivity contribution in [3.8, 4) is 0 Å². The number of hydrogen-bond donors (Lipinski definition) is 2. The molecule has 0 saturated carbocycles. The summed E-state index contributed by atoms with van der Waals surface area (Å²) in [7, 11) is 0. The molecule has 0 bridgehead atoms. The minimum Gasteiger partial charge on any atom is -0.375 e. The van der Waals surface area contributed by atoms with Crippen LogP contribution in [-0.4, -0.2) is 16.8 Å². The Hall–Kier alpha value is -1.88. The first-order chi connectivity index (χ1) is 10.4. The molecule has 2 N–H and O–H groups in total. The summed E-state index contributed by atoms with van der Waals surface area (Å²) in [5.41, 5.74) is -0.833. The van der Waals surface area contributed by atoms with Crippen LogP contribution in [0, 0.1) is 0 Å². The SMILES string of the molecule is O=C(C[C@@]1(O)C(=O)Nc2ccc(Cl)cc21)c1cccc(Cl)c1. The Balaban J connectivity index is 1.96. The summed E-state index contributed by atoms with van der Waals surface area (Å²) in [6, 6.07) is 11.1. The van der Waals surface area contributed by atoms with Crippen molar-refractivity contribution in [1.82, 2.24) is 0 Å². The summed E-state index contributed by atoms with van der Waals surface area (Å²) in [6.07, 6.45) is -0.382. The summed E-state index contributed by atoms with van der Waals surface area (Å²) >= 11 is 11.8. The summed E-state index contributed by atoms with van der Waals surface area (Å²) in [5.74, 6) is -1.02. The largest absolute Gasteiger partial charge is 0.375 e. The van der Waals surface area contributed by atoms with Gasteiger partial charge in [0.25, 0.3) is 5.91 Å². The molecule has 112 valence electrons. The Morgan fingerprint density at radius 2 is 1.86 bits per heavy atom. The molecule has 1 heterocycles. The van der Waals surface area contributed by atoms with Crippen molar-refractivity contribution in [2.45, 2.75) is 12.0 Å². The highest BCUT2D eigenvalue weighted by Gasteiger charge is 2.46. The van der Waals surface area contributed by atoms with Crippen molar-refractivity contribution in [2.24, 2.45) is 0 Å². The maximum atomic E-state index is 12.4. The topological polar surface area (TPSA) is 66.4 Å². The van der Waals surface area contributed by atoms with Gasteiger partial charge in [-0.3, -0.25) is 9.59 Å². The lowest BCUT2D eigenvalue weighted by molar-refractivity contribution is -0.133. The molecular formula is C16H11Cl2NO3. The smallest absolute Gasteiger partial charge is 0.261 e. The van der Waals surface area contributed by atoms with Crippen LogP contribution in [0.2, 0.25) is 10.0 Å². The van der Waals surface area contributed by atoms with E-state index in [0.29, 0.717) is 26.9 Å². The zero-order chi connectivity index (χ0) is 15.9. The molecule has 1 aliphatic heterocycles. The van der Waals surface area contributed by atoms with Crippen LogP contribution in [0.1, 0.15) is 22.3 Å². The molecule has 0 fully saturated rings. The van der Waals surface area contributed by atoms with Crippen LogP contribution in [-0.2, 0) is 10.4 Å². The number of carbonyl (C=O) groups excluding carboxylic acids is 2. The molecule has 22 heavy (non-hydrogen) atoms. The van der Waals surface area contributed by atoms with E-state index in [1.807, 2.05) is 0 Å². The van der Waals surface area contributed by atoms with Gasteiger partial charge in [0.2, 0.25) is 0 Å². The number of aliphatic hydroxyl groups is 1. The molecule has 4 nitrogen and oxygen atoms in total. The number of benzene rings is 2. The lowest BCUT2D eigenvalue weighted by atomic mass is 9.88. The number of nitrogens with one attached hydrogen (secondary N) is 1. The lowest BCUT2D eigenvalue weighted by Gasteiger charge is -2.20. The van der Waals surface area contributed by atoms with Crippen LogP contribution in [0.4, 0.5) is 5.69 Å². The number of rotatable bonds is 3. The molecule has 0 aromatic heterocycles. The van der Waals surface area contributed by atoms with Gasteiger partial charge in [-0.25, -0.2) is 0 Å². The van der Waals surface area contributed by atoms with Gasteiger partial charge in [-0.05, 0) is 30.3 Å². The average Bonchev–Trinajstić information content (AvgIpc) is 2.71. The minimum absolute atomic E-state index is 0.306. The quantitative estimate of drug-likeness (QED) is 0.844. The number of ketones is 1. The number of hydrogen-bond acceptors (Lipinski definition) is 3. The zero-order valence-electron chi connectivity index (χ0n) is 11.3. The van der Waals surface area contributed by atoms with Crippen molar-refractivity contribution in [2.75, 3.05) is 5.32 Å². The van der Waals surface area contributed by atoms with Gasteiger partial charge in [0.1, 0.15) is 0 Å². The normalized spacial score (nSPS) is 19.7. The number of anilines is 1. The second-order valence-electron chi connectivity index (χ2n) is 5.11. The summed E-state index contributed by atoms with van der Waals surface area (Å²) in [6.45, 7) is 0. The van der Waals surface area contributed by atoms with Crippen molar-refractivity contribution in [1.29, 1.82) is 0 Å². The maximum absolute atomic E-state index is 12.4. The van der Waals surface area contributed by atoms with Gasteiger partial charge in [0.15, 0.2) is 11.4 Å². The van der Waals surface area contributed by atoms with Crippen molar-refractivity contribution >= 4 is 40.6 Å². The van der Waals surface area contributed by atoms with Crippen LogP contribution >= 0.6 is 23.2 Å². The zero-order valence-corrected chi connectivity index (χ0v) is 12.8. The van der Waals surface area contributed by atoms with Crippen LogP contribution in [0.15, 0.2) is 42.5 Å². The van der Waals surface area contributed by atoms with Gasteiger partial charge in [0.05, 0.1) is 6.42 Å². The third-order valence-corrected chi connectivity index (χ3v) is 4.08. The van der Waals surface area contributed by atoms with E-state index in [-0.39, 0.29) is 12.2 Å². The molecule has 2 aromatic carbocycles. The Morgan fingerprint density at radius 1 is 1.14 bits per heavy atom. The van der Waals surface area contributed by atoms with E-state index in [0.717, 1.165) is 0 Å². The highest BCUT2D eigenvalue weighted by Crippen LogP contribution is 2.40. The molecule has 0 spiro atoms. The number of halogens is 2. The Morgan fingerprint density at radius 3 is 2.59 bits per heavy atom. The lowest BCUT2D eigenvalue weighted by Crippen LogP contribution is -2.36. The fourth-order valence-corrected chi connectivity index (χ4v) is 2.85. The first kappa shape index (κ1) is 15.0. The van der Waals surface area contributed by atoms with Crippen LogP contribution in [0.25, 0.3) is 0 Å². The molecule has 2 aromatic rings. The van der Waals surface area contributed by atoms with Gasteiger partial charge >= 0.3 is 0 Å². The van der Waals surface area contributed by atoms with E-state index in [1.54, 1.807) is 30.3 Å². The van der Waals surface area contributed by atoms with Gasteiger partial charge in [-0.2, -0.15) is 0 Å². The molecule has 0 radical (unpaired) electrons. The number of carbonyl (C=O) groups is 2. The number of amides is 1. The predicted octanol–water partition coefficient (Wildman–Crippen LogP) is 3.41. The average molecular weight is 336 g/mol. The summed E-state index contributed by atoms with van der Waals surface area (Å²) < 4.78 is 0. The van der Waals surface area contributed by atoms with Gasteiger partial charge in [-0.15, -0.1) is 0 Å². The van der Waals surface area contributed by atoms with Crippen LogP contribution in [0.5, 0.6) is 0 Å². The minimum atomic E-state index is -1.93. The Bertz CT molecular complexity index is 791. The van der Waals surface area contributed by atoms with Gasteiger partial charge < -0.3 is 10.4 Å². The van der Waals surface area contributed by atoms with E-state index in [1.165, 1.54) is 12.1 Å². The predicted molar refractivity (Wildman–Crippen MR) is 84.4 cm³/mol. The highest BCUT2D eigenvalue weighted by atomic mass is 35.5. The van der Waals surface area contributed by atoms with E-state index < -0.39 is 11.5 Å². The van der Waals surface area contributed by atoms with E-state index in [2.05, 4.69) is 5.32 Å². The van der Waals surface area contributed by atoms with Crippen LogP contribution in [0.3, 0.4) is 0 Å². The van der Waals surface area contributed by atoms with Crippen LogP contribution < -0.4 is 5.32 Å². The van der Waals surface area contributed by atoms with E-state index in [9.17, 15) is 14.7 Å². The third kappa shape index (κ3) is 2.50. The molecule has 1 amide bonds. The molecular weight excluding hydrogens is 325 g/mol. The molecule has 1 atom stereocenters. The monoisotopic (exact) mass is 335 g/mol. The van der Waals surface area contributed by atoms with Crippen molar-refractivity contribution in [3.05, 3.63) is 63.6 Å². The van der Waals surface area contributed by atoms with E-state index >= 15 is 0 Å². The fraction of sp³-hybridized carbons (Fsp3) is 0.125. The first-order valence-electron chi connectivity index (χ1n) is 6.53. The summed E-state index contributed by atoms with van der Waals surface area (Å²) in [5, 5.41) is 14.1. The highest BCUT2D eigenvalue weighted by molar-refractivity contribution is 6.31. The second-order valence-corrected chi connectivity index (χ2v) is 5.99. The molecule has 0 saturated heterocycles. The third-order valence-electron chi connectivity index (χ3n) is 3.61. The van der Waals surface area contributed by atoms with Crippen molar-refractivity contribution in [3.63, 3.8) is 0 Å².